The molecule has 1 aromatic heterocycles. The molecule has 1 aliphatic carbocycles. The summed E-state index contributed by atoms with van der Waals surface area (Å²) in [5, 5.41) is 5.77. The van der Waals surface area contributed by atoms with Gasteiger partial charge < -0.3 is 10.6 Å². The number of halogens is 2. The first-order chi connectivity index (χ1) is 10.6. The van der Waals surface area contributed by atoms with Crippen LogP contribution in [0.2, 0.25) is 0 Å². The molecular weight excluding hydrogens is 288 g/mol. The Morgan fingerprint density at radius 3 is 2.73 bits per heavy atom. The number of benzene rings is 1. The quantitative estimate of drug-likeness (QED) is 0.893. The summed E-state index contributed by atoms with van der Waals surface area (Å²) in [6.45, 7) is 0.115. The highest BCUT2D eigenvalue weighted by atomic mass is 19.1. The van der Waals surface area contributed by atoms with Gasteiger partial charge in [-0.25, -0.2) is 13.8 Å². The molecule has 3 rings (SSSR count). The Balaban J connectivity index is 1.60. The van der Waals surface area contributed by atoms with E-state index in [0.29, 0.717) is 17.4 Å². The van der Waals surface area contributed by atoms with Gasteiger partial charge in [0.05, 0.1) is 5.56 Å². The van der Waals surface area contributed by atoms with E-state index in [0.717, 1.165) is 31.0 Å². The van der Waals surface area contributed by atoms with Crippen molar-refractivity contribution in [3.63, 3.8) is 0 Å². The van der Waals surface area contributed by atoms with Crippen molar-refractivity contribution >= 4 is 11.7 Å². The SMILES string of the molecule is O=C(NC1CC1)c1ccc(NCc2cc(F)ccc2F)nc1. The van der Waals surface area contributed by atoms with Crippen LogP contribution in [0, 0.1) is 11.6 Å². The zero-order valence-corrected chi connectivity index (χ0v) is 11.8. The Morgan fingerprint density at radius 2 is 2.05 bits per heavy atom. The van der Waals surface area contributed by atoms with Gasteiger partial charge in [-0.05, 0) is 43.2 Å². The van der Waals surface area contributed by atoms with Crippen molar-refractivity contribution in [1.29, 1.82) is 0 Å². The molecule has 22 heavy (non-hydrogen) atoms. The van der Waals surface area contributed by atoms with Gasteiger partial charge in [-0.15, -0.1) is 0 Å². The van der Waals surface area contributed by atoms with Crippen molar-refractivity contribution in [3.8, 4) is 0 Å². The number of amides is 1. The van der Waals surface area contributed by atoms with Crippen LogP contribution >= 0.6 is 0 Å². The highest BCUT2D eigenvalue weighted by molar-refractivity contribution is 5.94. The fraction of sp³-hybridized carbons (Fsp3) is 0.250. The third kappa shape index (κ3) is 3.58. The van der Waals surface area contributed by atoms with Crippen LogP contribution in [0.1, 0.15) is 28.8 Å². The normalized spacial score (nSPS) is 13.7. The predicted molar refractivity (Wildman–Crippen MR) is 78.4 cm³/mol. The molecule has 1 fully saturated rings. The maximum Gasteiger partial charge on any atom is 0.253 e. The van der Waals surface area contributed by atoms with Gasteiger partial charge in [0.15, 0.2) is 0 Å². The van der Waals surface area contributed by atoms with E-state index in [9.17, 15) is 13.6 Å². The van der Waals surface area contributed by atoms with Crippen LogP contribution in [0.25, 0.3) is 0 Å². The largest absolute Gasteiger partial charge is 0.366 e. The Morgan fingerprint density at radius 1 is 1.23 bits per heavy atom. The molecule has 0 unspecified atom stereocenters. The number of nitrogens with one attached hydrogen (secondary N) is 2. The lowest BCUT2D eigenvalue weighted by Crippen LogP contribution is -2.25. The number of carbonyl (C=O) groups is 1. The minimum absolute atomic E-state index is 0.115. The summed E-state index contributed by atoms with van der Waals surface area (Å²) in [6, 6.07) is 6.88. The van der Waals surface area contributed by atoms with Crippen LogP contribution in [-0.4, -0.2) is 16.9 Å². The second-order valence-electron chi connectivity index (χ2n) is 5.27. The molecule has 114 valence electrons. The van der Waals surface area contributed by atoms with Gasteiger partial charge >= 0.3 is 0 Å². The molecule has 0 atom stereocenters. The fourth-order valence-electron chi connectivity index (χ4n) is 1.99. The standard InChI is InChI=1S/C16H15F2N3O/c17-12-2-5-14(18)11(7-12)9-20-15-6-1-10(8-19-15)16(22)21-13-3-4-13/h1-2,5-8,13H,3-4,9H2,(H,19,20)(H,21,22). The summed E-state index contributed by atoms with van der Waals surface area (Å²) in [7, 11) is 0. The molecule has 2 aromatic rings. The second kappa shape index (κ2) is 6.09. The maximum absolute atomic E-state index is 13.5. The van der Waals surface area contributed by atoms with E-state index in [2.05, 4.69) is 15.6 Å². The van der Waals surface area contributed by atoms with E-state index in [4.69, 9.17) is 0 Å². The molecule has 4 nitrogen and oxygen atoms in total. The van der Waals surface area contributed by atoms with Gasteiger partial charge in [0.25, 0.3) is 5.91 Å². The van der Waals surface area contributed by atoms with Crippen LogP contribution in [0.3, 0.4) is 0 Å². The molecular formula is C16H15F2N3O. The summed E-state index contributed by atoms with van der Waals surface area (Å²) >= 11 is 0. The van der Waals surface area contributed by atoms with Crippen molar-refractivity contribution < 1.29 is 13.6 Å². The van der Waals surface area contributed by atoms with Gasteiger partial charge in [0.2, 0.25) is 0 Å². The zero-order chi connectivity index (χ0) is 15.5. The molecule has 1 heterocycles. The average molecular weight is 303 g/mol. The molecule has 0 saturated heterocycles. The first kappa shape index (κ1) is 14.4. The Labute approximate surface area is 126 Å². The highest BCUT2D eigenvalue weighted by Crippen LogP contribution is 2.19. The Kier molecular flexibility index (Phi) is 4.00. The van der Waals surface area contributed by atoms with Crippen molar-refractivity contribution in [2.24, 2.45) is 0 Å². The van der Waals surface area contributed by atoms with E-state index in [-0.39, 0.29) is 18.0 Å². The summed E-state index contributed by atoms with van der Waals surface area (Å²) in [4.78, 5) is 15.9. The van der Waals surface area contributed by atoms with Crippen LogP contribution in [0.15, 0.2) is 36.5 Å². The molecule has 1 aromatic carbocycles. The van der Waals surface area contributed by atoms with Crippen molar-refractivity contribution in [2.75, 3.05) is 5.32 Å². The number of nitrogens with zero attached hydrogens (tertiary/aromatic N) is 1. The minimum Gasteiger partial charge on any atom is -0.366 e. The van der Waals surface area contributed by atoms with Gasteiger partial charge in [0.1, 0.15) is 17.5 Å². The number of hydrogen-bond acceptors (Lipinski definition) is 3. The van der Waals surface area contributed by atoms with E-state index in [1.54, 1.807) is 12.1 Å². The molecule has 1 saturated carbocycles. The van der Waals surface area contributed by atoms with Crippen molar-refractivity contribution in [2.45, 2.75) is 25.4 Å². The lowest BCUT2D eigenvalue weighted by molar-refractivity contribution is 0.0950. The molecule has 2 N–H and O–H groups in total. The molecule has 1 aliphatic rings. The number of aromatic nitrogens is 1. The van der Waals surface area contributed by atoms with Crippen LogP contribution < -0.4 is 10.6 Å². The van der Waals surface area contributed by atoms with Crippen molar-refractivity contribution in [1.82, 2.24) is 10.3 Å². The number of pyridine rings is 1. The third-order valence-electron chi connectivity index (χ3n) is 3.41. The topological polar surface area (TPSA) is 54.0 Å². The van der Waals surface area contributed by atoms with Crippen LogP contribution in [-0.2, 0) is 6.54 Å². The molecule has 0 aliphatic heterocycles. The zero-order valence-electron chi connectivity index (χ0n) is 11.8. The predicted octanol–water partition coefficient (Wildman–Crippen LogP) is 2.86. The summed E-state index contributed by atoms with van der Waals surface area (Å²) in [5.41, 5.74) is 0.701. The second-order valence-corrected chi connectivity index (χ2v) is 5.27. The lowest BCUT2D eigenvalue weighted by Gasteiger charge is -2.08. The Hall–Kier alpha value is -2.50. The fourth-order valence-corrected chi connectivity index (χ4v) is 1.99. The van der Waals surface area contributed by atoms with E-state index in [1.807, 2.05) is 0 Å². The van der Waals surface area contributed by atoms with Gasteiger partial charge in [-0.1, -0.05) is 0 Å². The van der Waals surface area contributed by atoms with Gasteiger partial charge in [-0.2, -0.15) is 0 Å². The Bertz CT molecular complexity index is 684. The molecule has 0 radical (unpaired) electrons. The number of carbonyl (C=O) groups excluding carboxylic acids is 1. The average Bonchev–Trinajstić information content (AvgIpc) is 3.32. The maximum atomic E-state index is 13.5. The first-order valence-electron chi connectivity index (χ1n) is 7.06. The van der Waals surface area contributed by atoms with Crippen molar-refractivity contribution in [3.05, 3.63) is 59.3 Å². The smallest absolute Gasteiger partial charge is 0.253 e. The molecule has 0 spiro atoms. The van der Waals surface area contributed by atoms with Gasteiger partial charge in [0, 0.05) is 24.3 Å². The first-order valence-corrected chi connectivity index (χ1v) is 7.06. The molecule has 6 heteroatoms. The highest BCUT2D eigenvalue weighted by Gasteiger charge is 2.23. The summed E-state index contributed by atoms with van der Waals surface area (Å²) < 4.78 is 26.6. The molecule has 0 bridgehead atoms. The van der Waals surface area contributed by atoms with E-state index < -0.39 is 11.6 Å². The number of anilines is 1. The van der Waals surface area contributed by atoms with Crippen LogP contribution in [0.5, 0.6) is 0 Å². The number of hydrogen-bond donors (Lipinski definition) is 2. The van der Waals surface area contributed by atoms with E-state index >= 15 is 0 Å². The minimum atomic E-state index is -0.488. The number of rotatable bonds is 5. The monoisotopic (exact) mass is 303 g/mol. The third-order valence-corrected chi connectivity index (χ3v) is 3.41. The van der Waals surface area contributed by atoms with Crippen LogP contribution in [0.4, 0.5) is 14.6 Å². The lowest BCUT2D eigenvalue weighted by atomic mass is 10.2. The summed E-state index contributed by atoms with van der Waals surface area (Å²) in [6.07, 6.45) is 3.51. The van der Waals surface area contributed by atoms with Gasteiger partial charge in [-0.3, -0.25) is 4.79 Å². The summed E-state index contributed by atoms with van der Waals surface area (Å²) in [5.74, 6) is -0.614. The van der Waals surface area contributed by atoms with E-state index in [1.165, 1.54) is 6.20 Å². The molecule has 1 amide bonds.